The molecule has 0 saturated carbocycles. The zero-order chi connectivity index (χ0) is 14.4. The quantitative estimate of drug-likeness (QED) is 0.828. The van der Waals surface area contributed by atoms with E-state index in [0.717, 1.165) is 24.5 Å². The maximum atomic E-state index is 5.96. The molecule has 1 heterocycles. The number of benzene rings is 1. The topological polar surface area (TPSA) is 47.7 Å². The molecule has 1 fully saturated rings. The molecule has 0 bridgehead atoms. The van der Waals surface area contributed by atoms with Crippen molar-refractivity contribution in [3.05, 3.63) is 23.8 Å². The minimum atomic E-state index is 0.467. The normalized spacial score (nSPS) is 17.1. The predicted octanol–water partition coefficient (Wildman–Crippen LogP) is 1.92. The molecule has 1 atom stereocenters. The van der Waals surface area contributed by atoms with Crippen LogP contribution in [-0.2, 0) is 6.42 Å². The molecule has 0 amide bonds. The third-order valence-electron chi connectivity index (χ3n) is 4.04. The fraction of sp³-hybridized carbons (Fsp3) is 0.625. The van der Waals surface area contributed by atoms with E-state index in [2.05, 4.69) is 11.0 Å². The zero-order valence-electron chi connectivity index (χ0n) is 12.6. The molecular formula is C16H26N2O2. The maximum absolute atomic E-state index is 5.96. The number of hydrogen-bond acceptors (Lipinski definition) is 4. The van der Waals surface area contributed by atoms with E-state index >= 15 is 0 Å². The van der Waals surface area contributed by atoms with Crippen molar-refractivity contribution in [3.63, 3.8) is 0 Å². The number of likely N-dealkylation sites (tertiary alicyclic amines) is 1. The minimum absolute atomic E-state index is 0.467. The van der Waals surface area contributed by atoms with E-state index < -0.39 is 0 Å². The molecule has 2 rings (SSSR count). The van der Waals surface area contributed by atoms with Crippen molar-refractivity contribution < 1.29 is 9.47 Å². The summed E-state index contributed by atoms with van der Waals surface area (Å²) < 4.78 is 10.8. The van der Waals surface area contributed by atoms with Crippen molar-refractivity contribution in [2.75, 3.05) is 40.4 Å². The van der Waals surface area contributed by atoms with Crippen LogP contribution in [0.3, 0.4) is 0 Å². The Bertz CT molecular complexity index is 417. The van der Waals surface area contributed by atoms with Gasteiger partial charge in [0.15, 0.2) is 0 Å². The van der Waals surface area contributed by atoms with Crippen LogP contribution in [0, 0.1) is 5.92 Å². The highest BCUT2D eigenvalue weighted by Crippen LogP contribution is 2.26. The molecule has 4 nitrogen and oxygen atoms in total. The second kappa shape index (κ2) is 7.50. The summed E-state index contributed by atoms with van der Waals surface area (Å²) in [5.41, 5.74) is 7.14. The van der Waals surface area contributed by atoms with Crippen LogP contribution in [0.15, 0.2) is 18.2 Å². The molecule has 20 heavy (non-hydrogen) atoms. The first-order valence-corrected chi connectivity index (χ1v) is 7.40. The number of nitrogens with zero attached hydrogens (tertiary/aromatic N) is 1. The highest BCUT2D eigenvalue weighted by Gasteiger charge is 2.18. The molecule has 1 aromatic carbocycles. The van der Waals surface area contributed by atoms with Crippen molar-refractivity contribution in [1.82, 2.24) is 4.90 Å². The molecule has 4 heteroatoms. The lowest BCUT2D eigenvalue weighted by Gasteiger charge is -2.23. The van der Waals surface area contributed by atoms with Crippen LogP contribution in [0.5, 0.6) is 11.5 Å². The number of methoxy groups -OCH3 is 2. The van der Waals surface area contributed by atoms with Crippen molar-refractivity contribution in [2.45, 2.75) is 19.3 Å². The van der Waals surface area contributed by atoms with E-state index in [1.54, 1.807) is 14.2 Å². The molecule has 0 aliphatic carbocycles. The van der Waals surface area contributed by atoms with Gasteiger partial charge in [-0.25, -0.2) is 0 Å². The van der Waals surface area contributed by atoms with E-state index in [1.165, 1.54) is 31.5 Å². The van der Waals surface area contributed by atoms with Crippen LogP contribution in [0.25, 0.3) is 0 Å². The first kappa shape index (κ1) is 15.1. The van der Waals surface area contributed by atoms with Gasteiger partial charge in [0.2, 0.25) is 0 Å². The lowest BCUT2D eigenvalue weighted by atomic mass is 9.98. The Morgan fingerprint density at radius 1 is 1.20 bits per heavy atom. The molecule has 1 saturated heterocycles. The fourth-order valence-electron chi connectivity index (χ4n) is 2.91. The minimum Gasteiger partial charge on any atom is -0.497 e. The van der Waals surface area contributed by atoms with Crippen LogP contribution >= 0.6 is 0 Å². The highest BCUT2D eigenvalue weighted by atomic mass is 16.5. The van der Waals surface area contributed by atoms with Crippen molar-refractivity contribution in [3.8, 4) is 11.5 Å². The molecule has 1 aliphatic rings. The highest BCUT2D eigenvalue weighted by molar-refractivity contribution is 5.40. The largest absolute Gasteiger partial charge is 0.497 e. The van der Waals surface area contributed by atoms with Gasteiger partial charge in [-0.3, -0.25) is 0 Å². The van der Waals surface area contributed by atoms with Gasteiger partial charge in [0.05, 0.1) is 14.2 Å². The van der Waals surface area contributed by atoms with Gasteiger partial charge in [-0.15, -0.1) is 0 Å². The summed E-state index contributed by atoms with van der Waals surface area (Å²) in [5.74, 6) is 2.26. The smallest absolute Gasteiger partial charge is 0.122 e. The summed E-state index contributed by atoms with van der Waals surface area (Å²) in [6, 6.07) is 5.96. The lowest BCUT2D eigenvalue weighted by Crippen LogP contribution is -2.32. The second-order valence-corrected chi connectivity index (χ2v) is 5.49. The lowest BCUT2D eigenvalue weighted by molar-refractivity contribution is 0.278. The van der Waals surface area contributed by atoms with Crippen LogP contribution < -0.4 is 15.2 Å². The first-order valence-electron chi connectivity index (χ1n) is 7.40. The molecule has 2 N–H and O–H groups in total. The summed E-state index contributed by atoms with van der Waals surface area (Å²) >= 11 is 0. The van der Waals surface area contributed by atoms with Gasteiger partial charge in [-0.2, -0.15) is 0 Å². The second-order valence-electron chi connectivity index (χ2n) is 5.49. The van der Waals surface area contributed by atoms with E-state index in [0.29, 0.717) is 12.5 Å². The van der Waals surface area contributed by atoms with Gasteiger partial charge in [0.25, 0.3) is 0 Å². The van der Waals surface area contributed by atoms with Gasteiger partial charge in [-0.1, -0.05) is 0 Å². The van der Waals surface area contributed by atoms with E-state index in [1.807, 2.05) is 12.1 Å². The third-order valence-corrected chi connectivity index (χ3v) is 4.04. The summed E-state index contributed by atoms with van der Waals surface area (Å²) in [6.45, 7) is 4.21. The Hall–Kier alpha value is -1.26. The van der Waals surface area contributed by atoms with Gasteiger partial charge in [-0.05, 0) is 68.6 Å². The van der Waals surface area contributed by atoms with Crippen molar-refractivity contribution in [1.29, 1.82) is 0 Å². The Kier molecular flexibility index (Phi) is 5.68. The molecule has 1 aliphatic heterocycles. The number of ether oxygens (including phenoxy) is 2. The average molecular weight is 278 g/mol. The van der Waals surface area contributed by atoms with E-state index in [-0.39, 0.29) is 0 Å². The molecule has 1 unspecified atom stereocenters. The summed E-state index contributed by atoms with van der Waals surface area (Å²) in [4.78, 5) is 2.52. The molecular weight excluding hydrogens is 252 g/mol. The number of rotatable bonds is 7. The van der Waals surface area contributed by atoms with Gasteiger partial charge < -0.3 is 20.1 Å². The average Bonchev–Trinajstić information content (AvgIpc) is 2.99. The van der Waals surface area contributed by atoms with E-state index in [9.17, 15) is 0 Å². The Balaban J connectivity index is 2.04. The monoisotopic (exact) mass is 278 g/mol. The molecule has 112 valence electrons. The summed E-state index contributed by atoms with van der Waals surface area (Å²) in [6.07, 6.45) is 3.58. The predicted molar refractivity (Wildman–Crippen MR) is 81.5 cm³/mol. The van der Waals surface area contributed by atoms with E-state index in [4.69, 9.17) is 15.2 Å². The summed E-state index contributed by atoms with van der Waals surface area (Å²) in [5, 5.41) is 0. The fourth-order valence-corrected chi connectivity index (χ4v) is 2.91. The SMILES string of the molecule is COc1ccc(OC)c(CC(CN)CN2CCCC2)c1. The van der Waals surface area contributed by atoms with Gasteiger partial charge >= 0.3 is 0 Å². The standard InChI is InChI=1S/C16H26N2O2/c1-19-15-5-6-16(20-2)14(10-15)9-13(11-17)12-18-7-3-4-8-18/h5-6,10,13H,3-4,7-9,11-12,17H2,1-2H3. The van der Waals surface area contributed by atoms with Crippen LogP contribution in [0.4, 0.5) is 0 Å². The van der Waals surface area contributed by atoms with Gasteiger partial charge in [0, 0.05) is 6.54 Å². The van der Waals surface area contributed by atoms with Crippen LogP contribution in [0.2, 0.25) is 0 Å². The first-order chi connectivity index (χ1) is 9.76. The van der Waals surface area contributed by atoms with Gasteiger partial charge in [0.1, 0.15) is 11.5 Å². The Labute approximate surface area is 121 Å². The summed E-state index contributed by atoms with van der Waals surface area (Å²) in [7, 11) is 3.40. The maximum Gasteiger partial charge on any atom is 0.122 e. The number of nitrogens with two attached hydrogens (primary N) is 1. The third kappa shape index (κ3) is 3.87. The number of hydrogen-bond donors (Lipinski definition) is 1. The Morgan fingerprint density at radius 3 is 2.55 bits per heavy atom. The molecule has 0 radical (unpaired) electrons. The Morgan fingerprint density at radius 2 is 1.95 bits per heavy atom. The molecule has 0 spiro atoms. The van der Waals surface area contributed by atoms with Crippen molar-refractivity contribution >= 4 is 0 Å². The molecule has 1 aromatic rings. The van der Waals surface area contributed by atoms with Crippen LogP contribution in [-0.4, -0.2) is 45.3 Å². The van der Waals surface area contributed by atoms with Crippen LogP contribution in [0.1, 0.15) is 18.4 Å². The zero-order valence-corrected chi connectivity index (χ0v) is 12.6. The van der Waals surface area contributed by atoms with Crippen molar-refractivity contribution in [2.24, 2.45) is 11.7 Å². The molecule has 0 aromatic heterocycles.